The van der Waals surface area contributed by atoms with Crippen molar-refractivity contribution in [2.45, 2.75) is 25.8 Å². The minimum atomic E-state index is -0.0794. The maximum Gasteiger partial charge on any atom is 0.276 e. The van der Waals surface area contributed by atoms with E-state index in [2.05, 4.69) is 24.2 Å². The van der Waals surface area contributed by atoms with Crippen molar-refractivity contribution in [3.8, 4) is 17.1 Å². The van der Waals surface area contributed by atoms with Crippen LogP contribution in [0.1, 0.15) is 40.5 Å². The van der Waals surface area contributed by atoms with Crippen molar-refractivity contribution in [3.63, 3.8) is 0 Å². The fourth-order valence-corrected chi connectivity index (χ4v) is 3.71. The van der Waals surface area contributed by atoms with Crippen molar-refractivity contribution < 1.29 is 14.1 Å². The highest BCUT2D eigenvalue weighted by molar-refractivity contribution is 5.93. The number of hydrogen-bond donors (Lipinski definition) is 0. The summed E-state index contributed by atoms with van der Waals surface area (Å²) in [4.78, 5) is 15.0. The molecule has 5 nitrogen and oxygen atoms in total. The number of benzene rings is 2. The molecule has 1 fully saturated rings. The molecule has 1 amide bonds. The van der Waals surface area contributed by atoms with Crippen LogP contribution in [0.25, 0.3) is 11.3 Å². The summed E-state index contributed by atoms with van der Waals surface area (Å²) >= 11 is 0. The minimum absolute atomic E-state index is 0.0794. The molecule has 1 aliphatic heterocycles. The largest absolute Gasteiger partial charge is 0.497 e. The molecule has 0 N–H and O–H groups in total. The maximum absolute atomic E-state index is 13.1. The molecule has 2 heterocycles. The van der Waals surface area contributed by atoms with Gasteiger partial charge in [0.15, 0.2) is 11.5 Å². The third-order valence-electron chi connectivity index (χ3n) is 5.16. The number of amides is 1. The standard InChI is InChI=1S/C22H22N2O3/c1-15-6-3-4-7-18(15)20-8-5-13-24(20)22(25)19-14-21(27-23-19)16-9-11-17(26-2)12-10-16/h3-4,6-7,9-12,14,20H,5,8,13H2,1-2H3/t20-/m0/s1. The number of carbonyl (C=O) groups excluding carboxylic acids is 1. The van der Waals surface area contributed by atoms with Crippen molar-refractivity contribution >= 4 is 5.91 Å². The van der Waals surface area contributed by atoms with Gasteiger partial charge in [-0.2, -0.15) is 0 Å². The summed E-state index contributed by atoms with van der Waals surface area (Å²) in [6.07, 6.45) is 1.97. The first-order valence-corrected chi connectivity index (χ1v) is 9.15. The van der Waals surface area contributed by atoms with Gasteiger partial charge in [0.25, 0.3) is 5.91 Å². The SMILES string of the molecule is COc1ccc(-c2cc(C(=O)N3CCC[C@H]3c3ccccc3C)no2)cc1. The van der Waals surface area contributed by atoms with E-state index >= 15 is 0 Å². The molecule has 1 aromatic heterocycles. The van der Waals surface area contributed by atoms with Gasteiger partial charge in [-0.25, -0.2) is 0 Å². The fraction of sp³-hybridized carbons (Fsp3) is 0.273. The minimum Gasteiger partial charge on any atom is -0.497 e. The molecular weight excluding hydrogens is 340 g/mol. The van der Waals surface area contributed by atoms with Gasteiger partial charge in [0, 0.05) is 18.2 Å². The van der Waals surface area contributed by atoms with Gasteiger partial charge in [0.05, 0.1) is 13.2 Å². The highest BCUT2D eigenvalue weighted by Crippen LogP contribution is 2.35. The fourth-order valence-electron chi connectivity index (χ4n) is 3.71. The Morgan fingerprint density at radius 2 is 1.96 bits per heavy atom. The van der Waals surface area contributed by atoms with Gasteiger partial charge in [0.2, 0.25) is 0 Å². The number of nitrogens with zero attached hydrogens (tertiary/aromatic N) is 2. The van der Waals surface area contributed by atoms with E-state index in [0.717, 1.165) is 30.7 Å². The number of ether oxygens (including phenoxy) is 1. The van der Waals surface area contributed by atoms with Crippen molar-refractivity contribution in [2.24, 2.45) is 0 Å². The van der Waals surface area contributed by atoms with Gasteiger partial charge in [-0.05, 0) is 55.2 Å². The van der Waals surface area contributed by atoms with E-state index in [0.29, 0.717) is 11.5 Å². The van der Waals surface area contributed by atoms with Crippen LogP contribution >= 0.6 is 0 Å². The molecule has 0 unspecified atom stereocenters. The lowest BCUT2D eigenvalue weighted by Gasteiger charge is -2.25. The molecule has 0 aliphatic carbocycles. The molecule has 1 aliphatic rings. The summed E-state index contributed by atoms with van der Waals surface area (Å²) in [5, 5.41) is 4.03. The van der Waals surface area contributed by atoms with Crippen LogP contribution in [0.5, 0.6) is 5.75 Å². The van der Waals surface area contributed by atoms with Crippen LogP contribution in [0, 0.1) is 6.92 Å². The quantitative estimate of drug-likeness (QED) is 0.679. The van der Waals surface area contributed by atoms with E-state index < -0.39 is 0 Å². The van der Waals surface area contributed by atoms with Gasteiger partial charge >= 0.3 is 0 Å². The predicted octanol–water partition coefficient (Wildman–Crippen LogP) is 4.64. The molecule has 0 spiro atoms. The summed E-state index contributed by atoms with van der Waals surface area (Å²) in [5.74, 6) is 1.27. The molecule has 4 rings (SSSR count). The van der Waals surface area contributed by atoms with Crippen molar-refractivity contribution in [3.05, 3.63) is 71.4 Å². The molecule has 3 aromatic rings. The average Bonchev–Trinajstić information content (AvgIpc) is 3.38. The first-order valence-electron chi connectivity index (χ1n) is 9.15. The van der Waals surface area contributed by atoms with Gasteiger partial charge in [0.1, 0.15) is 5.75 Å². The zero-order chi connectivity index (χ0) is 18.8. The number of aromatic nitrogens is 1. The van der Waals surface area contributed by atoms with E-state index in [1.165, 1.54) is 11.1 Å². The Balaban J connectivity index is 1.57. The Morgan fingerprint density at radius 3 is 2.70 bits per heavy atom. The van der Waals surface area contributed by atoms with Crippen LogP contribution in [0.4, 0.5) is 0 Å². The molecule has 2 aromatic carbocycles. The van der Waals surface area contributed by atoms with Crippen LogP contribution in [-0.2, 0) is 0 Å². The van der Waals surface area contributed by atoms with Crippen molar-refractivity contribution in [2.75, 3.05) is 13.7 Å². The number of carbonyl (C=O) groups is 1. The first kappa shape index (κ1) is 17.3. The second kappa shape index (κ2) is 7.27. The van der Waals surface area contributed by atoms with Crippen LogP contribution in [0.3, 0.4) is 0 Å². The second-order valence-electron chi connectivity index (χ2n) is 6.82. The first-order chi connectivity index (χ1) is 13.2. The Kier molecular flexibility index (Phi) is 4.67. The lowest BCUT2D eigenvalue weighted by atomic mass is 9.99. The highest BCUT2D eigenvalue weighted by atomic mass is 16.5. The zero-order valence-corrected chi connectivity index (χ0v) is 15.5. The third-order valence-corrected chi connectivity index (χ3v) is 5.16. The van der Waals surface area contributed by atoms with E-state index in [1.54, 1.807) is 13.2 Å². The molecule has 138 valence electrons. The number of rotatable bonds is 4. The highest BCUT2D eigenvalue weighted by Gasteiger charge is 2.32. The smallest absolute Gasteiger partial charge is 0.276 e. The maximum atomic E-state index is 13.1. The molecule has 0 bridgehead atoms. The summed E-state index contributed by atoms with van der Waals surface area (Å²) in [7, 11) is 1.63. The lowest BCUT2D eigenvalue weighted by Crippen LogP contribution is -2.31. The van der Waals surface area contributed by atoms with Crippen molar-refractivity contribution in [1.29, 1.82) is 0 Å². The number of aryl methyl sites for hydroxylation is 1. The zero-order valence-electron chi connectivity index (χ0n) is 15.5. The van der Waals surface area contributed by atoms with Crippen LogP contribution in [-0.4, -0.2) is 29.6 Å². The number of methoxy groups -OCH3 is 1. The Morgan fingerprint density at radius 1 is 1.19 bits per heavy atom. The predicted molar refractivity (Wildman–Crippen MR) is 103 cm³/mol. The molecule has 0 saturated carbocycles. The molecule has 5 heteroatoms. The van der Waals surface area contributed by atoms with E-state index in [-0.39, 0.29) is 11.9 Å². The van der Waals surface area contributed by atoms with Gasteiger partial charge in [-0.15, -0.1) is 0 Å². The average molecular weight is 362 g/mol. The molecule has 27 heavy (non-hydrogen) atoms. The lowest BCUT2D eigenvalue weighted by molar-refractivity contribution is 0.0725. The Labute approximate surface area is 158 Å². The summed E-state index contributed by atoms with van der Waals surface area (Å²) < 4.78 is 10.6. The molecule has 1 atom stereocenters. The van der Waals surface area contributed by atoms with E-state index in [1.807, 2.05) is 41.3 Å². The normalized spacial score (nSPS) is 16.5. The van der Waals surface area contributed by atoms with Crippen LogP contribution in [0.15, 0.2) is 59.1 Å². The number of likely N-dealkylation sites (tertiary alicyclic amines) is 1. The summed E-state index contributed by atoms with van der Waals surface area (Å²) in [5.41, 5.74) is 3.63. The van der Waals surface area contributed by atoms with Gasteiger partial charge in [-0.3, -0.25) is 4.79 Å². The Hall–Kier alpha value is -3.08. The molecular formula is C22H22N2O3. The number of hydrogen-bond acceptors (Lipinski definition) is 4. The van der Waals surface area contributed by atoms with E-state index in [4.69, 9.17) is 9.26 Å². The second-order valence-corrected chi connectivity index (χ2v) is 6.82. The van der Waals surface area contributed by atoms with E-state index in [9.17, 15) is 4.79 Å². The topological polar surface area (TPSA) is 55.6 Å². The van der Waals surface area contributed by atoms with Crippen LogP contribution in [0.2, 0.25) is 0 Å². The molecule has 1 saturated heterocycles. The van der Waals surface area contributed by atoms with Crippen molar-refractivity contribution in [1.82, 2.24) is 10.1 Å². The summed E-state index contributed by atoms with van der Waals surface area (Å²) in [6, 6.07) is 17.6. The van der Waals surface area contributed by atoms with Gasteiger partial charge < -0.3 is 14.2 Å². The van der Waals surface area contributed by atoms with Gasteiger partial charge in [-0.1, -0.05) is 29.4 Å². The Bertz CT molecular complexity index is 946. The van der Waals surface area contributed by atoms with Crippen LogP contribution < -0.4 is 4.74 Å². The summed E-state index contributed by atoms with van der Waals surface area (Å²) in [6.45, 7) is 2.83. The monoisotopic (exact) mass is 362 g/mol. The third kappa shape index (κ3) is 3.33. The molecule has 0 radical (unpaired) electrons.